The first kappa shape index (κ1) is 15.1. The Morgan fingerprint density at radius 2 is 2.15 bits per heavy atom. The number of aromatic hydroxyl groups is 1. The third-order valence-corrected chi connectivity index (χ3v) is 8.05. The lowest BCUT2D eigenvalue weighted by Gasteiger charge is -2.69. The average Bonchev–Trinajstić information content (AvgIpc) is 2.98. The number of carboxylic acid groups (broad SMARTS) is 1. The number of carbonyl (C=O) groups is 1. The second kappa shape index (κ2) is 4.10. The van der Waals surface area contributed by atoms with Gasteiger partial charge in [0.1, 0.15) is 11.7 Å². The number of phenolic OH excluding ortho intramolecular Hbond substituents is 1. The Morgan fingerprint density at radius 1 is 1.35 bits per heavy atom. The normalized spacial score (nSPS) is 46.8. The number of aliphatic carboxylic acids is 1. The molecular weight excluding hydrogens is 334 g/mol. The van der Waals surface area contributed by atoms with Gasteiger partial charge in [-0.15, -0.1) is 0 Å². The van der Waals surface area contributed by atoms with Crippen LogP contribution in [0.5, 0.6) is 11.5 Å². The van der Waals surface area contributed by atoms with E-state index in [9.17, 15) is 20.1 Å². The Morgan fingerprint density at radius 3 is 2.92 bits per heavy atom. The number of nitrogens with zero attached hydrogens (tertiary/aromatic N) is 1. The maximum absolute atomic E-state index is 12.0. The monoisotopic (exact) mass is 355 g/mol. The summed E-state index contributed by atoms with van der Waals surface area (Å²) in [5.74, 6) is -1.36. The first-order chi connectivity index (χ1) is 12.3. The number of aliphatic hydroxyl groups is 1. The van der Waals surface area contributed by atoms with E-state index in [0.717, 1.165) is 30.5 Å². The summed E-state index contributed by atoms with van der Waals surface area (Å²) in [6, 6.07) is 3.78. The van der Waals surface area contributed by atoms with Gasteiger partial charge in [-0.1, -0.05) is 18.2 Å². The van der Waals surface area contributed by atoms with E-state index in [1.54, 1.807) is 12.1 Å². The van der Waals surface area contributed by atoms with E-state index in [4.69, 9.17) is 4.74 Å². The summed E-state index contributed by atoms with van der Waals surface area (Å²) in [6.07, 6.45) is 5.07. The Balaban J connectivity index is 1.73. The minimum atomic E-state index is -1.56. The number of hydrogen-bond acceptors (Lipinski definition) is 5. The summed E-state index contributed by atoms with van der Waals surface area (Å²) in [5.41, 5.74) is -0.267. The predicted octanol–water partition coefficient (Wildman–Crippen LogP) is 1.04. The van der Waals surface area contributed by atoms with Gasteiger partial charge in [0.15, 0.2) is 11.5 Å². The molecule has 4 aliphatic carbocycles. The van der Waals surface area contributed by atoms with E-state index in [1.807, 2.05) is 6.07 Å². The number of phenols is 1. The first-order valence-corrected chi connectivity index (χ1v) is 9.23. The van der Waals surface area contributed by atoms with E-state index >= 15 is 0 Å². The van der Waals surface area contributed by atoms with Gasteiger partial charge < -0.3 is 25.0 Å². The highest BCUT2D eigenvalue weighted by atomic mass is 16.5. The summed E-state index contributed by atoms with van der Waals surface area (Å²) < 4.78 is 6.22. The molecule has 1 aromatic rings. The summed E-state index contributed by atoms with van der Waals surface area (Å²) in [7, 11) is 2.10. The number of benzene rings is 1. The van der Waals surface area contributed by atoms with E-state index in [2.05, 4.69) is 18.0 Å². The van der Waals surface area contributed by atoms with Gasteiger partial charge in [0.25, 0.3) is 0 Å². The van der Waals surface area contributed by atoms with Crippen molar-refractivity contribution >= 4 is 5.97 Å². The van der Waals surface area contributed by atoms with Crippen molar-refractivity contribution in [2.45, 2.75) is 42.4 Å². The Hall–Kier alpha value is -2.05. The van der Waals surface area contributed by atoms with Crippen molar-refractivity contribution < 1.29 is 24.9 Å². The zero-order valence-corrected chi connectivity index (χ0v) is 14.5. The van der Waals surface area contributed by atoms with E-state index in [0.29, 0.717) is 12.2 Å². The minimum Gasteiger partial charge on any atom is -0.504 e. The van der Waals surface area contributed by atoms with Gasteiger partial charge in [0.2, 0.25) is 0 Å². The largest absolute Gasteiger partial charge is 0.504 e. The fourth-order valence-corrected chi connectivity index (χ4v) is 7.04. The van der Waals surface area contributed by atoms with Crippen LogP contribution in [-0.4, -0.2) is 57.5 Å². The molecule has 26 heavy (non-hydrogen) atoms. The highest BCUT2D eigenvalue weighted by molar-refractivity contribution is 5.76. The lowest BCUT2D eigenvalue weighted by Crippen LogP contribution is -2.79. The number of carboxylic acids is 1. The highest BCUT2D eigenvalue weighted by Gasteiger charge is 2.79. The number of piperidine rings is 1. The molecule has 1 saturated carbocycles. The summed E-state index contributed by atoms with van der Waals surface area (Å²) >= 11 is 0. The Kier molecular flexibility index (Phi) is 2.37. The molecule has 2 aliphatic heterocycles. The van der Waals surface area contributed by atoms with Crippen molar-refractivity contribution in [3.63, 3.8) is 0 Å². The average molecular weight is 355 g/mol. The van der Waals surface area contributed by atoms with Gasteiger partial charge in [-0.2, -0.15) is 0 Å². The molecule has 1 saturated heterocycles. The Labute approximate surface area is 150 Å². The summed E-state index contributed by atoms with van der Waals surface area (Å²) in [6.45, 7) is 0.864. The van der Waals surface area contributed by atoms with Gasteiger partial charge >= 0.3 is 5.97 Å². The van der Waals surface area contributed by atoms with Crippen molar-refractivity contribution in [2.75, 3.05) is 13.6 Å². The molecule has 2 fully saturated rings. The smallest absolute Gasteiger partial charge is 0.309 e. The van der Waals surface area contributed by atoms with Crippen LogP contribution >= 0.6 is 0 Å². The van der Waals surface area contributed by atoms with Crippen molar-refractivity contribution in [2.24, 2.45) is 11.3 Å². The number of fused-ring (bicyclic) bond motifs is 1. The maximum Gasteiger partial charge on any atom is 0.309 e. The van der Waals surface area contributed by atoms with Crippen LogP contribution in [0.1, 0.15) is 24.0 Å². The number of hydrogen-bond donors (Lipinski definition) is 3. The Bertz CT molecular complexity index is 912. The van der Waals surface area contributed by atoms with Crippen LogP contribution in [0.4, 0.5) is 0 Å². The quantitative estimate of drug-likeness (QED) is 0.652. The molecule has 6 atom stereocenters. The lowest BCUT2D eigenvalue weighted by atomic mass is 9.37. The molecule has 1 aromatic carbocycles. The van der Waals surface area contributed by atoms with Crippen molar-refractivity contribution in [3.05, 3.63) is 35.4 Å². The molecule has 0 amide bonds. The number of ether oxygens (including phenoxy) is 1. The highest BCUT2D eigenvalue weighted by Crippen LogP contribution is 2.73. The van der Waals surface area contributed by atoms with Crippen LogP contribution in [0.2, 0.25) is 0 Å². The number of likely N-dealkylation sites (N-methyl/N-ethyl adjacent to an activating group) is 1. The number of likely N-dealkylation sites (tertiary alicyclic amines) is 1. The summed E-state index contributed by atoms with van der Waals surface area (Å²) in [4.78, 5) is 14.4. The molecule has 2 spiro atoms. The molecule has 4 bridgehead atoms. The zero-order chi connectivity index (χ0) is 18.1. The number of rotatable bonds is 1. The van der Waals surface area contributed by atoms with Gasteiger partial charge in [0, 0.05) is 17.0 Å². The van der Waals surface area contributed by atoms with Crippen LogP contribution in [0.3, 0.4) is 0 Å². The fraction of sp³-hybridized carbons (Fsp3) is 0.550. The molecule has 7 rings (SSSR count). The van der Waals surface area contributed by atoms with Gasteiger partial charge in [-0.3, -0.25) is 4.79 Å². The topological polar surface area (TPSA) is 90.2 Å². The van der Waals surface area contributed by atoms with Crippen molar-refractivity contribution in [1.82, 2.24) is 4.90 Å². The second-order valence-electron chi connectivity index (χ2n) is 8.72. The molecule has 0 radical (unpaired) electrons. The third kappa shape index (κ3) is 1.25. The first-order valence-electron chi connectivity index (χ1n) is 9.23. The van der Waals surface area contributed by atoms with Gasteiger partial charge in [-0.05, 0) is 44.5 Å². The van der Waals surface area contributed by atoms with Crippen LogP contribution < -0.4 is 4.74 Å². The lowest BCUT2D eigenvalue weighted by molar-refractivity contribution is -0.211. The van der Waals surface area contributed by atoms with E-state index < -0.39 is 34.4 Å². The van der Waals surface area contributed by atoms with Crippen LogP contribution in [0.15, 0.2) is 24.3 Å². The zero-order valence-electron chi connectivity index (χ0n) is 14.5. The molecule has 6 heteroatoms. The van der Waals surface area contributed by atoms with E-state index in [-0.39, 0.29) is 11.8 Å². The fourth-order valence-electron chi connectivity index (χ4n) is 7.04. The SMILES string of the molecule is CN1CCC23c4c5ccc(O)c4OC2C2(O)C=CC3(CC2C(=O)O)C1C5. The van der Waals surface area contributed by atoms with Crippen LogP contribution in [0, 0.1) is 11.3 Å². The second-order valence-corrected chi connectivity index (χ2v) is 8.72. The van der Waals surface area contributed by atoms with Crippen molar-refractivity contribution in [3.8, 4) is 11.5 Å². The molecule has 136 valence electrons. The van der Waals surface area contributed by atoms with Crippen molar-refractivity contribution in [1.29, 1.82) is 0 Å². The predicted molar refractivity (Wildman–Crippen MR) is 91.2 cm³/mol. The molecule has 2 heterocycles. The summed E-state index contributed by atoms with van der Waals surface area (Å²) in [5, 5.41) is 31.8. The molecule has 6 unspecified atom stereocenters. The standard InChI is InChI=1S/C20H21NO5/c1-21-7-6-19-14-10-2-3-12(22)15(14)26-17(19)20(25)5-4-18(19,13(21)8-10)9-11(20)16(23)24/h2-5,11,13,17,22,25H,6-9H2,1H3,(H,23,24). The minimum absolute atomic E-state index is 0.0786. The maximum atomic E-state index is 12.0. The van der Waals surface area contributed by atoms with Gasteiger partial charge in [-0.25, -0.2) is 0 Å². The third-order valence-electron chi connectivity index (χ3n) is 8.05. The molecule has 6 aliphatic rings. The van der Waals surface area contributed by atoms with Crippen LogP contribution in [0.25, 0.3) is 0 Å². The molecule has 6 nitrogen and oxygen atoms in total. The van der Waals surface area contributed by atoms with E-state index in [1.165, 1.54) is 0 Å². The molecular formula is C20H21NO5. The molecule has 0 aromatic heterocycles. The van der Waals surface area contributed by atoms with Gasteiger partial charge in [0.05, 0.1) is 11.3 Å². The van der Waals surface area contributed by atoms with Crippen LogP contribution in [-0.2, 0) is 16.6 Å². The molecule has 3 N–H and O–H groups in total.